The van der Waals surface area contributed by atoms with Gasteiger partial charge < -0.3 is 14.8 Å². The average molecular weight is 546 g/mol. The molecule has 0 spiro atoms. The van der Waals surface area contributed by atoms with Crippen molar-refractivity contribution in [2.24, 2.45) is 10.2 Å². The number of azo groups is 1. The number of hydrogen-bond acceptors (Lipinski definition) is 8. The molecule has 34 heavy (non-hydrogen) atoms. The topological polar surface area (TPSA) is 159 Å². The molecule has 4 aromatic rings. The molecule has 0 aliphatic carbocycles. The lowest BCUT2D eigenvalue weighted by Crippen LogP contribution is -2.13. The van der Waals surface area contributed by atoms with Gasteiger partial charge in [-0.2, -0.15) is 0 Å². The van der Waals surface area contributed by atoms with Gasteiger partial charge in [-0.15, -0.1) is 10.2 Å². The standard InChI is InChI=1S/C21H16BrN5O6S/c1-33-15-6-3-13(4-7-15)26-34(31,32)19-11-14(27(29)30)5-9-18(19)24-25-20-16-10-12(22)2-8-17(16)23-21(20)28/h2-11,23,26,28H,1H3. The minimum atomic E-state index is -4.30. The summed E-state index contributed by atoms with van der Waals surface area (Å²) >= 11 is 3.34. The van der Waals surface area contributed by atoms with Gasteiger partial charge in [-0.05, 0) is 48.5 Å². The van der Waals surface area contributed by atoms with E-state index in [1.54, 1.807) is 30.3 Å². The number of anilines is 1. The third-order valence-electron chi connectivity index (χ3n) is 4.76. The summed E-state index contributed by atoms with van der Waals surface area (Å²) in [5.41, 5.74) is 0.297. The number of H-pyrrole nitrogens is 1. The minimum absolute atomic E-state index is 0.0844. The minimum Gasteiger partial charge on any atom is -0.497 e. The molecule has 0 bridgehead atoms. The number of nitrogens with one attached hydrogen (secondary N) is 2. The van der Waals surface area contributed by atoms with Crippen LogP contribution in [0.5, 0.6) is 11.6 Å². The van der Waals surface area contributed by atoms with Gasteiger partial charge in [0.15, 0.2) is 5.69 Å². The molecule has 3 N–H and O–H groups in total. The maximum Gasteiger partial charge on any atom is 0.270 e. The van der Waals surface area contributed by atoms with Crippen molar-refractivity contribution in [1.29, 1.82) is 0 Å². The van der Waals surface area contributed by atoms with Crippen LogP contribution in [0.25, 0.3) is 10.9 Å². The van der Waals surface area contributed by atoms with E-state index in [1.165, 1.54) is 25.3 Å². The van der Waals surface area contributed by atoms with Gasteiger partial charge in [0, 0.05) is 27.7 Å². The van der Waals surface area contributed by atoms with Crippen molar-refractivity contribution in [3.8, 4) is 11.6 Å². The van der Waals surface area contributed by atoms with Crippen molar-refractivity contribution in [3.63, 3.8) is 0 Å². The first-order valence-corrected chi connectivity index (χ1v) is 11.8. The number of non-ortho nitro benzene ring substituents is 1. The van der Waals surface area contributed by atoms with E-state index in [9.17, 15) is 23.6 Å². The lowest BCUT2D eigenvalue weighted by molar-refractivity contribution is -0.385. The van der Waals surface area contributed by atoms with Crippen molar-refractivity contribution in [1.82, 2.24) is 4.98 Å². The quantitative estimate of drug-likeness (QED) is 0.152. The van der Waals surface area contributed by atoms with Crippen LogP contribution in [-0.4, -0.2) is 30.5 Å². The zero-order valence-corrected chi connectivity index (χ0v) is 19.8. The van der Waals surface area contributed by atoms with Crippen LogP contribution in [-0.2, 0) is 10.0 Å². The fourth-order valence-electron chi connectivity index (χ4n) is 3.12. The maximum absolute atomic E-state index is 13.1. The number of fused-ring (bicyclic) bond motifs is 1. The molecular formula is C21H16BrN5O6S. The molecule has 0 aliphatic heterocycles. The second-order valence-electron chi connectivity index (χ2n) is 6.96. The van der Waals surface area contributed by atoms with Gasteiger partial charge in [0.25, 0.3) is 15.7 Å². The van der Waals surface area contributed by atoms with Crippen LogP contribution >= 0.6 is 15.9 Å². The predicted octanol–water partition coefficient (Wildman–Crippen LogP) is 5.77. The van der Waals surface area contributed by atoms with Gasteiger partial charge in [-0.1, -0.05) is 15.9 Å². The fraction of sp³-hybridized carbons (Fsp3) is 0.0476. The van der Waals surface area contributed by atoms with Crippen LogP contribution < -0.4 is 9.46 Å². The van der Waals surface area contributed by atoms with Crippen molar-refractivity contribution in [3.05, 3.63) is 75.3 Å². The number of benzene rings is 3. The van der Waals surface area contributed by atoms with Crippen molar-refractivity contribution >= 4 is 59.6 Å². The molecule has 0 atom stereocenters. The summed E-state index contributed by atoms with van der Waals surface area (Å²) in [6.07, 6.45) is 0. The summed E-state index contributed by atoms with van der Waals surface area (Å²) in [5, 5.41) is 30.1. The molecule has 3 aromatic carbocycles. The zero-order chi connectivity index (χ0) is 24.5. The zero-order valence-electron chi connectivity index (χ0n) is 17.4. The molecule has 0 radical (unpaired) electrons. The molecule has 13 heteroatoms. The van der Waals surface area contributed by atoms with Gasteiger partial charge in [-0.3, -0.25) is 14.8 Å². The molecule has 0 saturated heterocycles. The van der Waals surface area contributed by atoms with E-state index < -0.39 is 25.5 Å². The number of aromatic amines is 1. The number of nitro groups is 1. The molecule has 0 aliphatic rings. The molecule has 174 valence electrons. The number of ether oxygens (including phenoxy) is 1. The Bertz CT molecular complexity index is 1530. The Morgan fingerprint density at radius 2 is 1.82 bits per heavy atom. The molecule has 4 rings (SSSR count). The van der Waals surface area contributed by atoms with Crippen LogP contribution in [0, 0.1) is 10.1 Å². The number of nitrogens with zero attached hydrogens (tertiary/aromatic N) is 3. The average Bonchev–Trinajstić information content (AvgIpc) is 3.11. The van der Waals surface area contributed by atoms with Crippen LogP contribution in [0.1, 0.15) is 0 Å². The summed E-state index contributed by atoms with van der Waals surface area (Å²) in [6, 6.07) is 14.5. The Balaban J connectivity index is 1.77. The van der Waals surface area contributed by atoms with E-state index in [0.29, 0.717) is 16.7 Å². The second kappa shape index (κ2) is 9.11. The largest absolute Gasteiger partial charge is 0.497 e. The first-order chi connectivity index (χ1) is 16.2. The highest BCUT2D eigenvalue weighted by atomic mass is 79.9. The molecule has 11 nitrogen and oxygen atoms in total. The third-order valence-corrected chi connectivity index (χ3v) is 6.66. The molecular weight excluding hydrogens is 530 g/mol. The Hall–Kier alpha value is -3.97. The smallest absolute Gasteiger partial charge is 0.270 e. The number of halogens is 1. The normalized spacial score (nSPS) is 11.7. The van der Waals surface area contributed by atoms with E-state index in [-0.39, 0.29) is 22.9 Å². The number of rotatable bonds is 7. The third kappa shape index (κ3) is 4.70. The molecule has 0 saturated carbocycles. The number of aromatic nitrogens is 1. The first kappa shape index (κ1) is 23.2. The van der Waals surface area contributed by atoms with E-state index in [4.69, 9.17) is 4.74 Å². The van der Waals surface area contributed by atoms with E-state index in [2.05, 4.69) is 35.9 Å². The number of hydrogen-bond donors (Lipinski definition) is 3. The summed E-state index contributed by atoms with van der Waals surface area (Å²) in [5.74, 6) is 0.262. The lowest BCUT2D eigenvalue weighted by atomic mass is 10.2. The Morgan fingerprint density at radius 1 is 1.09 bits per heavy atom. The number of nitro benzene ring substituents is 1. The Labute approximate surface area is 201 Å². The van der Waals surface area contributed by atoms with Gasteiger partial charge in [0.05, 0.1) is 17.5 Å². The highest BCUT2D eigenvalue weighted by molar-refractivity contribution is 9.10. The monoisotopic (exact) mass is 545 g/mol. The summed E-state index contributed by atoms with van der Waals surface area (Å²) in [6.45, 7) is 0. The lowest BCUT2D eigenvalue weighted by Gasteiger charge is -2.10. The highest BCUT2D eigenvalue weighted by Crippen LogP contribution is 2.39. The van der Waals surface area contributed by atoms with E-state index in [1.807, 2.05) is 0 Å². The van der Waals surface area contributed by atoms with Crippen molar-refractivity contribution in [2.45, 2.75) is 4.90 Å². The molecule has 0 fully saturated rings. The summed E-state index contributed by atoms with van der Waals surface area (Å²) < 4.78 is 34.4. The van der Waals surface area contributed by atoms with Crippen LogP contribution in [0.15, 0.2) is 80.3 Å². The highest BCUT2D eigenvalue weighted by Gasteiger charge is 2.23. The van der Waals surface area contributed by atoms with Gasteiger partial charge >= 0.3 is 0 Å². The Kier molecular flexibility index (Phi) is 6.22. The molecule has 1 aromatic heterocycles. The van der Waals surface area contributed by atoms with E-state index in [0.717, 1.165) is 16.6 Å². The van der Waals surface area contributed by atoms with Gasteiger partial charge in [0.2, 0.25) is 5.88 Å². The SMILES string of the molecule is COc1ccc(NS(=O)(=O)c2cc([N+](=O)[O-])ccc2N=Nc2c(O)[nH]c3ccc(Br)cc23)cc1. The predicted molar refractivity (Wildman–Crippen MR) is 129 cm³/mol. The Morgan fingerprint density at radius 3 is 2.50 bits per heavy atom. The van der Waals surface area contributed by atoms with Crippen molar-refractivity contribution in [2.75, 3.05) is 11.8 Å². The number of sulfonamides is 1. The van der Waals surface area contributed by atoms with Crippen molar-refractivity contribution < 1.29 is 23.2 Å². The first-order valence-electron chi connectivity index (χ1n) is 9.55. The van der Waals surface area contributed by atoms with Crippen LogP contribution in [0.2, 0.25) is 0 Å². The van der Waals surface area contributed by atoms with Gasteiger partial charge in [0.1, 0.15) is 16.3 Å². The fourth-order valence-corrected chi connectivity index (χ4v) is 4.70. The molecule has 0 amide bonds. The number of methoxy groups -OCH3 is 1. The van der Waals surface area contributed by atoms with Crippen LogP contribution in [0.4, 0.5) is 22.7 Å². The number of aromatic hydroxyl groups is 1. The molecule has 1 heterocycles. The van der Waals surface area contributed by atoms with Crippen LogP contribution in [0.3, 0.4) is 0 Å². The molecule has 0 unspecified atom stereocenters. The van der Waals surface area contributed by atoms with Gasteiger partial charge in [-0.25, -0.2) is 8.42 Å². The summed E-state index contributed by atoms with van der Waals surface area (Å²) in [4.78, 5) is 12.9. The maximum atomic E-state index is 13.1. The van der Waals surface area contributed by atoms with E-state index >= 15 is 0 Å². The summed E-state index contributed by atoms with van der Waals surface area (Å²) in [7, 11) is -2.82. The second-order valence-corrected chi connectivity index (χ2v) is 9.52.